The summed E-state index contributed by atoms with van der Waals surface area (Å²) in [7, 11) is 1.59. The highest BCUT2D eigenvalue weighted by atomic mass is 35.5. The van der Waals surface area contributed by atoms with Gasteiger partial charge in [0.2, 0.25) is 0 Å². The first-order valence-electron chi connectivity index (χ1n) is 7.79. The highest BCUT2D eigenvalue weighted by Gasteiger charge is 2.07. The highest BCUT2D eigenvalue weighted by molar-refractivity contribution is 7.80. The van der Waals surface area contributed by atoms with Crippen LogP contribution in [0.5, 0.6) is 11.5 Å². The van der Waals surface area contributed by atoms with E-state index in [9.17, 15) is 0 Å². The first kappa shape index (κ1) is 20.3. The molecule has 2 aromatic carbocycles. The third-order valence-electron chi connectivity index (χ3n) is 3.11. The van der Waals surface area contributed by atoms with Gasteiger partial charge in [-0.3, -0.25) is 5.43 Å². The number of benzene rings is 2. The van der Waals surface area contributed by atoms with Gasteiger partial charge in [-0.25, -0.2) is 0 Å². The molecule has 0 heterocycles. The van der Waals surface area contributed by atoms with Crippen LogP contribution in [-0.2, 0) is 0 Å². The second-order valence-electron chi connectivity index (χ2n) is 5.53. The van der Waals surface area contributed by atoms with E-state index in [-0.39, 0.29) is 6.10 Å². The fraction of sp³-hybridized carbons (Fsp3) is 0.222. The molecule has 2 N–H and O–H groups in total. The topological polar surface area (TPSA) is 54.9 Å². The Morgan fingerprint density at radius 2 is 1.92 bits per heavy atom. The minimum absolute atomic E-state index is 0.0632. The number of methoxy groups -OCH3 is 1. The second-order valence-corrected chi connectivity index (χ2v) is 6.78. The Morgan fingerprint density at radius 3 is 2.58 bits per heavy atom. The zero-order chi connectivity index (χ0) is 19.1. The van der Waals surface area contributed by atoms with Gasteiger partial charge in [-0.1, -0.05) is 23.2 Å². The number of ether oxygens (including phenoxy) is 2. The summed E-state index contributed by atoms with van der Waals surface area (Å²) < 4.78 is 11.0. The van der Waals surface area contributed by atoms with Crippen LogP contribution < -0.4 is 20.2 Å². The lowest BCUT2D eigenvalue weighted by atomic mass is 10.2. The zero-order valence-electron chi connectivity index (χ0n) is 14.5. The van der Waals surface area contributed by atoms with E-state index in [1.54, 1.807) is 31.5 Å². The van der Waals surface area contributed by atoms with Gasteiger partial charge in [0.25, 0.3) is 0 Å². The van der Waals surface area contributed by atoms with Gasteiger partial charge in [0.1, 0.15) is 0 Å². The van der Waals surface area contributed by atoms with Crippen molar-refractivity contribution in [3.05, 3.63) is 52.0 Å². The fourth-order valence-corrected chi connectivity index (χ4v) is 2.64. The summed E-state index contributed by atoms with van der Waals surface area (Å²) in [6.45, 7) is 3.92. The van der Waals surface area contributed by atoms with Crippen molar-refractivity contribution in [3.63, 3.8) is 0 Å². The average molecular weight is 412 g/mol. The second kappa shape index (κ2) is 9.62. The van der Waals surface area contributed by atoms with E-state index in [0.29, 0.717) is 32.3 Å². The van der Waals surface area contributed by atoms with Gasteiger partial charge < -0.3 is 14.8 Å². The minimum atomic E-state index is 0.0632. The molecular formula is C18H19Cl2N3O2S. The largest absolute Gasteiger partial charge is 0.493 e. The number of nitrogens with one attached hydrogen (secondary N) is 2. The number of rotatable bonds is 6. The molecule has 0 unspecified atom stereocenters. The van der Waals surface area contributed by atoms with Gasteiger partial charge in [0.15, 0.2) is 16.6 Å². The molecule has 0 fully saturated rings. The van der Waals surface area contributed by atoms with Gasteiger partial charge in [-0.2, -0.15) is 5.10 Å². The summed E-state index contributed by atoms with van der Waals surface area (Å²) in [5, 5.41) is 8.38. The monoisotopic (exact) mass is 411 g/mol. The van der Waals surface area contributed by atoms with Gasteiger partial charge in [0.05, 0.1) is 30.1 Å². The van der Waals surface area contributed by atoms with Crippen molar-refractivity contribution in [1.29, 1.82) is 0 Å². The zero-order valence-corrected chi connectivity index (χ0v) is 16.9. The molecule has 0 aliphatic heterocycles. The van der Waals surface area contributed by atoms with Crippen LogP contribution in [-0.4, -0.2) is 24.5 Å². The number of nitrogens with zero attached hydrogens (tertiary/aromatic N) is 1. The SMILES string of the molecule is COc1cc(/C=N/NC(=S)Nc2ccc(Cl)cc2Cl)ccc1OC(C)C. The summed E-state index contributed by atoms with van der Waals surface area (Å²) >= 11 is 17.1. The quantitative estimate of drug-likeness (QED) is 0.392. The summed E-state index contributed by atoms with van der Waals surface area (Å²) in [5.74, 6) is 1.32. The molecule has 5 nitrogen and oxygen atoms in total. The summed E-state index contributed by atoms with van der Waals surface area (Å²) in [5.41, 5.74) is 4.20. The number of hydrogen-bond donors (Lipinski definition) is 2. The molecule has 2 aromatic rings. The predicted octanol–water partition coefficient (Wildman–Crippen LogP) is 5.11. The highest BCUT2D eigenvalue weighted by Crippen LogP contribution is 2.28. The molecule has 0 aliphatic rings. The minimum Gasteiger partial charge on any atom is -0.493 e. The van der Waals surface area contributed by atoms with Crippen LogP contribution in [0, 0.1) is 0 Å². The molecule has 2 rings (SSSR count). The van der Waals surface area contributed by atoms with Crippen LogP contribution in [0.2, 0.25) is 10.0 Å². The van der Waals surface area contributed by atoms with Gasteiger partial charge >= 0.3 is 0 Å². The summed E-state index contributed by atoms with van der Waals surface area (Å²) in [6, 6.07) is 10.6. The predicted molar refractivity (Wildman–Crippen MR) is 112 cm³/mol. The van der Waals surface area contributed by atoms with Crippen LogP contribution in [0.15, 0.2) is 41.5 Å². The number of halogens is 2. The van der Waals surface area contributed by atoms with Crippen LogP contribution in [0.25, 0.3) is 0 Å². The van der Waals surface area contributed by atoms with E-state index in [1.807, 2.05) is 32.0 Å². The maximum Gasteiger partial charge on any atom is 0.191 e. The Balaban J connectivity index is 1.98. The Hall–Kier alpha value is -2.02. The van der Waals surface area contributed by atoms with Crippen molar-refractivity contribution in [2.45, 2.75) is 20.0 Å². The van der Waals surface area contributed by atoms with E-state index < -0.39 is 0 Å². The number of hydrogen-bond acceptors (Lipinski definition) is 4. The smallest absolute Gasteiger partial charge is 0.191 e. The van der Waals surface area contributed by atoms with Crippen LogP contribution in [0.1, 0.15) is 19.4 Å². The van der Waals surface area contributed by atoms with E-state index in [4.69, 9.17) is 44.9 Å². The summed E-state index contributed by atoms with van der Waals surface area (Å²) in [6.07, 6.45) is 1.69. The molecule has 8 heteroatoms. The molecule has 0 saturated heterocycles. The third-order valence-corrected chi connectivity index (χ3v) is 3.85. The van der Waals surface area contributed by atoms with E-state index in [2.05, 4.69) is 15.8 Å². The number of anilines is 1. The molecule has 0 saturated carbocycles. The third kappa shape index (κ3) is 6.05. The summed E-state index contributed by atoms with van der Waals surface area (Å²) in [4.78, 5) is 0. The first-order valence-corrected chi connectivity index (χ1v) is 8.95. The fourth-order valence-electron chi connectivity index (χ4n) is 2.02. The number of thiocarbonyl (C=S) groups is 1. The van der Waals surface area contributed by atoms with Crippen molar-refractivity contribution in [2.24, 2.45) is 5.10 Å². The molecule has 0 aromatic heterocycles. The Kier molecular flexibility index (Phi) is 7.50. The first-order chi connectivity index (χ1) is 12.4. The van der Waals surface area contributed by atoms with Crippen LogP contribution in [0.4, 0.5) is 5.69 Å². The Bertz CT molecular complexity index is 813. The molecular weight excluding hydrogens is 393 g/mol. The molecule has 0 amide bonds. The van der Waals surface area contributed by atoms with E-state index in [0.717, 1.165) is 5.56 Å². The molecule has 0 spiro atoms. The van der Waals surface area contributed by atoms with Crippen molar-refractivity contribution in [3.8, 4) is 11.5 Å². The van der Waals surface area contributed by atoms with Crippen LogP contribution in [0.3, 0.4) is 0 Å². The van der Waals surface area contributed by atoms with E-state index in [1.165, 1.54) is 0 Å². The standard InChI is InChI=1S/C18H19Cl2N3O2S/c1-11(2)25-16-7-4-12(8-17(16)24-3)10-21-23-18(26)22-15-6-5-13(19)9-14(15)20/h4-11H,1-3H3,(H2,22,23,26)/b21-10+. The van der Waals surface area contributed by atoms with Crippen molar-refractivity contribution >= 4 is 52.4 Å². The molecule has 26 heavy (non-hydrogen) atoms. The molecule has 0 aliphatic carbocycles. The Morgan fingerprint density at radius 1 is 1.15 bits per heavy atom. The molecule has 0 bridgehead atoms. The van der Waals surface area contributed by atoms with Gasteiger partial charge in [-0.05, 0) is 68.0 Å². The van der Waals surface area contributed by atoms with Crippen molar-refractivity contribution in [1.82, 2.24) is 5.43 Å². The molecule has 0 radical (unpaired) electrons. The maximum absolute atomic E-state index is 6.09. The van der Waals surface area contributed by atoms with Gasteiger partial charge in [-0.15, -0.1) is 0 Å². The van der Waals surface area contributed by atoms with Crippen LogP contribution >= 0.6 is 35.4 Å². The van der Waals surface area contributed by atoms with Crippen molar-refractivity contribution < 1.29 is 9.47 Å². The van der Waals surface area contributed by atoms with Crippen molar-refractivity contribution in [2.75, 3.05) is 12.4 Å². The molecule has 138 valence electrons. The van der Waals surface area contributed by atoms with Gasteiger partial charge in [0, 0.05) is 5.02 Å². The lowest BCUT2D eigenvalue weighted by molar-refractivity contribution is 0.230. The maximum atomic E-state index is 6.09. The lowest BCUT2D eigenvalue weighted by Gasteiger charge is -2.13. The number of hydrazone groups is 1. The molecule has 0 atom stereocenters. The van der Waals surface area contributed by atoms with E-state index >= 15 is 0 Å². The average Bonchev–Trinajstić information content (AvgIpc) is 2.58. The Labute approximate surface area is 168 Å². The normalized spacial score (nSPS) is 10.8. The lowest BCUT2D eigenvalue weighted by Crippen LogP contribution is -2.24.